The molecule has 0 unspecified atom stereocenters. The number of ether oxygens (including phenoxy) is 2. The molecule has 7 nitrogen and oxygen atoms in total. The zero-order valence-electron chi connectivity index (χ0n) is 15.3. The second-order valence-electron chi connectivity index (χ2n) is 6.98. The number of esters is 1. The Balaban J connectivity index is 1.81. The lowest BCUT2D eigenvalue weighted by molar-refractivity contribution is -0.113. The van der Waals surface area contributed by atoms with Crippen LogP contribution in [-0.2, 0) is 15.1 Å². The molecule has 3 aromatic carbocycles. The van der Waals surface area contributed by atoms with Crippen LogP contribution in [0, 0.1) is 0 Å². The van der Waals surface area contributed by atoms with Crippen molar-refractivity contribution in [1.82, 2.24) is 0 Å². The number of alkyl halides is 1. The van der Waals surface area contributed by atoms with Crippen LogP contribution < -0.4 is 10.1 Å². The van der Waals surface area contributed by atoms with E-state index in [1.54, 1.807) is 30.3 Å². The fraction of sp³-hybridized carbons (Fsp3) is 0.0909. The molecule has 1 amide bonds. The van der Waals surface area contributed by atoms with Crippen LogP contribution in [0.1, 0.15) is 27.0 Å². The van der Waals surface area contributed by atoms with Crippen LogP contribution in [0.3, 0.4) is 0 Å². The van der Waals surface area contributed by atoms with E-state index in [0.717, 1.165) is 0 Å². The van der Waals surface area contributed by atoms with Crippen molar-refractivity contribution in [3.05, 3.63) is 76.9 Å². The van der Waals surface area contributed by atoms with Crippen LogP contribution in [0.2, 0.25) is 0 Å². The topological polar surface area (TPSA) is 105 Å². The Labute approximate surface area is 184 Å². The maximum atomic E-state index is 12.8. The highest BCUT2D eigenvalue weighted by Crippen LogP contribution is 2.57. The first kappa shape index (κ1) is 18.7. The molecule has 0 saturated carbocycles. The Hall–Kier alpha value is -3.27. The van der Waals surface area contributed by atoms with Crippen molar-refractivity contribution in [2.75, 3.05) is 9.74 Å². The highest BCUT2D eigenvalue weighted by atomic mass is 127. The number of phenols is 2. The molecule has 3 N–H and O–H groups in total. The van der Waals surface area contributed by atoms with E-state index in [4.69, 9.17) is 9.47 Å². The molecule has 0 saturated heterocycles. The summed E-state index contributed by atoms with van der Waals surface area (Å²) < 4.78 is 12.2. The molecule has 150 valence electrons. The van der Waals surface area contributed by atoms with Crippen LogP contribution in [-0.4, -0.2) is 26.5 Å². The summed E-state index contributed by atoms with van der Waals surface area (Å²) in [7, 11) is 0. The van der Waals surface area contributed by atoms with Gasteiger partial charge in [0, 0.05) is 34.5 Å². The molecular weight excluding hydrogens is 501 g/mol. The molecule has 8 heteroatoms. The first-order chi connectivity index (χ1) is 14.4. The summed E-state index contributed by atoms with van der Waals surface area (Å²) in [5, 5.41) is 22.7. The molecule has 0 atom stereocenters. The van der Waals surface area contributed by atoms with Crippen molar-refractivity contribution >= 4 is 40.2 Å². The molecule has 3 aromatic rings. The number of aromatic hydroxyl groups is 2. The lowest BCUT2D eigenvalue weighted by Gasteiger charge is -2.36. The number of phenolic OH excluding ortho intramolecular Hbond substituents is 2. The Bertz CT molecular complexity index is 1190. The maximum absolute atomic E-state index is 12.8. The largest absolute Gasteiger partial charge is 0.508 e. The third kappa shape index (κ3) is 2.63. The highest BCUT2D eigenvalue weighted by molar-refractivity contribution is 14.1. The summed E-state index contributed by atoms with van der Waals surface area (Å²) in [5.41, 5.74) is 1.15. The number of benzene rings is 3. The average molecular weight is 515 g/mol. The van der Waals surface area contributed by atoms with E-state index < -0.39 is 11.6 Å². The number of fused-ring (bicyclic) bond motifs is 6. The lowest BCUT2D eigenvalue weighted by atomic mass is 9.77. The summed E-state index contributed by atoms with van der Waals surface area (Å²) in [4.78, 5) is 24.7. The number of anilines is 1. The fourth-order valence-corrected chi connectivity index (χ4v) is 4.16. The van der Waals surface area contributed by atoms with Gasteiger partial charge < -0.3 is 25.0 Å². The summed E-state index contributed by atoms with van der Waals surface area (Å²) in [6, 6.07) is 14.1. The van der Waals surface area contributed by atoms with Crippen molar-refractivity contribution in [2.45, 2.75) is 5.60 Å². The van der Waals surface area contributed by atoms with Gasteiger partial charge in [-0.25, -0.2) is 4.79 Å². The van der Waals surface area contributed by atoms with Crippen molar-refractivity contribution in [3.63, 3.8) is 0 Å². The summed E-state index contributed by atoms with van der Waals surface area (Å²) in [6.45, 7) is 0. The third-order valence-corrected chi connectivity index (χ3v) is 5.87. The molecule has 0 radical (unpaired) electrons. The Morgan fingerprint density at radius 1 is 0.933 bits per heavy atom. The van der Waals surface area contributed by atoms with Crippen molar-refractivity contribution < 1.29 is 29.3 Å². The number of carbonyl (C=O) groups is 2. The lowest BCUT2D eigenvalue weighted by Crippen LogP contribution is -2.33. The predicted molar refractivity (Wildman–Crippen MR) is 116 cm³/mol. The Morgan fingerprint density at radius 2 is 1.57 bits per heavy atom. The zero-order chi connectivity index (χ0) is 21.0. The molecule has 5 rings (SSSR count). The van der Waals surface area contributed by atoms with Gasteiger partial charge in [0.15, 0.2) is 5.60 Å². The molecule has 2 heterocycles. The van der Waals surface area contributed by atoms with Crippen LogP contribution >= 0.6 is 22.6 Å². The minimum atomic E-state index is -1.35. The Morgan fingerprint density at radius 3 is 2.17 bits per heavy atom. The second kappa shape index (κ2) is 6.63. The molecule has 0 bridgehead atoms. The molecule has 0 aliphatic carbocycles. The van der Waals surface area contributed by atoms with Gasteiger partial charge >= 0.3 is 5.97 Å². The third-order valence-electron chi connectivity index (χ3n) is 5.18. The summed E-state index contributed by atoms with van der Waals surface area (Å²) >= 11 is 1.97. The SMILES string of the molecule is O=C(CI)Nc1ccc2c(c1)C1(OC2=O)c2ccc(O)cc2Oc2cc(O)ccc21. The Kier molecular flexibility index (Phi) is 4.14. The number of hydrogen-bond acceptors (Lipinski definition) is 6. The number of halogens is 1. The number of rotatable bonds is 2. The highest BCUT2D eigenvalue weighted by Gasteiger charge is 2.53. The monoisotopic (exact) mass is 515 g/mol. The summed E-state index contributed by atoms with van der Waals surface area (Å²) in [6.07, 6.45) is 0. The quantitative estimate of drug-likeness (QED) is 0.271. The normalized spacial score (nSPS) is 14.9. The molecular formula is C22H14INO6. The van der Waals surface area contributed by atoms with Gasteiger partial charge in [-0.15, -0.1) is 0 Å². The van der Waals surface area contributed by atoms with Gasteiger partial charge in [-0.2, -0.15) is 0 Å². The molecule has 30 heavy (non-hydrogen) atoms. The van der Waals surface area contributed by atoms with Crippen LogP contribution in [0.5, 0.6) is 23.0 Å². The van der Waals surface area contributed by atoms with Crippen LogP contribution in [0.4, 0.5) is 5.69 Å². The van der Waals surface area contributed by atoms with Gasteiger partial charge in [0.25, 0.3) is 0 Å². The van der Waals surface area contributed by atoms with Crippen LogP contribution in [0.15, 0.2) is 54.6 Å². The minimum Gasteiger partial charge on any atom is -0.508 e. The minimum absolute atomic E-state index is 0.0138. The van der Waals surface area contributed by atoms with Crippen molar-refractivity contribution in [3.8, 4) is 23.0 Å². The first-order valence-electron chi connectivity index (χ1n) is 9.01. The van der Waals surface area contributed by atoms with Gasteiger partial charge in [0.1, 0.15) is 23.0 Å². The van der Waals surface area contributed by atoms with Gasteiger partial charge in [-0.05, 0) is 42.5 Å². The van der Waals surface area contributed by atoms with Gasteiger partial charge in [-0.1, -0.05) is 22.6 Å². The van der Waals surface area contributed by atoms with Gasteiger partial charge in [0.05, 0.1) is 9.99 Å². The molecule has 0 fully saturated rings. The second-order valence-corrected chi connectivity index (χ2v) is 7.74. The first-order valence-corrected chi connectivity index (χ1v) is 10.5. The number of carbonyl (C=O) groups excluding carboxylic acids is 2. The molecule has 1 spiro atoms. The van der Waals surface area contributed by atoms with E-state index in [-0.39, 0.29) is 21.8 Å². The van der Waals surface area contributed by atoms with E-state index in [1.807, 2.05) is 22.6 Å². The predicted octanol–water partition coefficient (Wildman–Crippen LogP) is 4.04. The van der Waals surface area contributed by atoms with E-state index in [0.29, 0.717) is 39.4 Å². The van der Waals surface area contributed by atoms with E-state index in [9.17, 15) is 19.8 Å². The van der Waals surface area contributed by atoms with Gasteiger partial charge in [-0.3, -0.25) is 4.79 Å². The number of amides is 1. The van der Waals surface area contributed by atoms with E-state index in [1.165, 1.54) is 24.3 Å². The van der Waals surface area contributed by atoms with Crippen molar-refractivity contribution in [1.29, 1.82) is 0 Å². The van der Waals surface area contributed by atoms with E-state index >= 15 is 0 Å². The molecule has 2 aliphatic heterocycles. The van der Waals surface area contributed by atoms with Crippen molar-refractivity contribution in [2.24, 2.45) is 0 Å². The molecule has 2 aliphatic rings. The number of hydrogen-bond donors (Lipinski definition) is 3. The average Bonchev–Trinajstić information content (AvgIpc) is 3.00. The zero-order valence-corrected chi connectivity index (χ0v) is 17.5. The van der Waals surface area contributed by atoms with E-state index in [2.05, 4.69) is 5.32 Å². The maximum Gasteiger partial charge on any atom is 0.340 e. The standard InChI is InChI=1S/C22H14INO6/c23-10-20(27)24-11-1-4-14-17(7-11)22(30-21(14)28)15-5-2-12(25)8-18(15)29-19-9-13(26)3-6-16(19)22/h1-9,25-26H,10H2,(H,24,27). The number of nitrogens with one attached hydrogen (secondary N) is 1. The van der Waals surface area contributed by atoms with Crippen LogP contribution in [0.25, 0.3) is 0 Å². The fourth-order valence-electron chi connectivity index (χ4n) is 3.97. The smallest absolute Gasteiger partial charge is 0.340 e. The molecule has 0 aromatic heterocycles. The summed E-state index contributed by atoms with van der Waals surface area (Å²) in [5.74, 6) is -0.111. The van der Waals surface area contributed by atoms with Gasteiger partial charge in [0.2, 0.25) is 5.91 Å².